The maximum Gasteiger partial charge on any atom is 0.251 e. The first kappa shape index (κ1) is 19.7. The van der Waals surface area contributed by atoms with Crippen LogP contribution in [0.15, 0.2) is 36.4 Å². The van der Waals surface area contributed by atoms with E-state index in [0.717, 1.165) is 18.4 Å². The highest BCUT2D eigenvalue weighted by molar-refractivity contribution is 6.30. The summed E-state index contributed by atoms with van der Waals surface area (Å²) in [5, 5.41) is 14.7. The van der Waals surface area contributed by atoms with Crippen LogP contribution in [0.3, 0.4) is 0 Å². The van der Waals surface area contributed by atoms with Crippen LogP contribution >= 0.6 is 23.2 Å². The number of carbonyl (C=O) groups excluding carboxylic acids is 1. The highest BCUT2D eigenvalue weighted by atomic mass is 35.5. The lowest BCUT2D eigenvalue weighted by Crippen LogP contribution is -2.45. The number of aliphatic hydroxyl groups is 1. The number of aromatic nitrogens is 1. The Morgan fingerprint density at radius 2 is 2.15 bits per heavy atom. The fourth-order valence-electron chi connectivity index (χ4n) is 3.27. The van der Waals surface area contributed by atoms with Crippen molar-refractivity contribution in [3.05, 3.63) is 63.4 Å². The molecular weight excluding hydrogens is 383 g/mol. The molecule has 1 amide bonds. The third-order valence-electron chi connectivity index (χ3n) is 4.51. The fraction of sp³-hybridized carbons (Fsp3) is 0.333. The van der Waals surface area contributed by atoms with E-state index in [4.69, 9.17) is 23.2 Å². The number of rotatable bonds is 2. The standard InChI is InChI=1S/C21H20Cl2N2O2/c1-14-10-16(12-19(23)24-14)20(26)25-18-6-3-8-21(27,13-18)9-7-15-4-2-5-17(22)11-15/h2,4-5,10-12,18,27H,3,6,8,13H2,1H3,(H,25,26)/t18-,21+/m0/s1. The van der Waals surface area contributed by atoms with Crippen LogP contribution in [0.4, 0.5) is 0 Å². The molecule has 2 aromatic rings. The first-order valence-electron chi connectivity index (χ1n) is 8.79. The van der Waals surface area contributed by atoms with Crippen LogP contribution in [0.2, 0.25) is 10.2 Å². The lowest BCUT2D eigenvalue weighted by molar-refractivity contribution is 0.0452. The summed E-state index contributed by atoms with van der Waals surface area (Å²) in [6.45, 7) is 1.79. The zero-order valence-corrected chi connectivity index (χ0v) is 16.4. The van der Waals surface area contributed by atoms with E-state index in [2.05, 4.69) is 22.1 Å². The van der Waals surface area contributed by atoms with E-state index >= 15 is 0 Å². The molecule has 2 N–H and O–H groups in total. The summed E-state index contributed by atoms with van der Waals surface area (Å²) in [5.74, 6) is 5.74. The summed E-state index contributed by atoms with van der Waals surface area (Å²) in [5.41, 5.74) is 0.764. The number of nitrogens with one attached hydrogen (secondary N) is 1. The second-order valence-electron chi connectivity index (χ2n) is 6.88. The molecule has 0 radical (unpaired) electrons. The molecule has 1 fully saturated rings. The van der Waals surface area contributed by atoms with E-state index < -0.39 is 5.60 Å². The molecule has 1 aromatic heterocycles. The number of halogens is 2. The number of amides is 1. The molecule has 0 unspecified atom stereocenters. The van der Waals surface area contributed by atoms with Gasteiger partial charge in [-0.15, -0.1) is 0 Å². The van der Waals surface area contributed by atoms with Crippen LogP contribution in [-0.2, 0) is 0 Å². The largest absolute Gasteiger partial charge is 0.378 e. The average molecular weight is 403 g/mol. The van der Waals surface area contributed by atoms with Crippen LogP contribution in [0, 0.1) is 18.8 Å². The zero-order valence-electron chi connectivity index (χ0n) is 14.9. The normalized spacial score (nSPS) is 21.9. The summed E-state index contributed by atoms with van der Waals surface area (Å²) in [6.07, 6.45) is 2.53. The number of pyridine rings is 1. The number of aryl methyl sites for hydroxylation is 1. The van der Waals surface area contributed by atoms with E-state index in [-0.39, 0.29) is 17.1 Å². The van der Waals surface area contributed by atoms with Gasteiger partial charge in [0, 0.05) is 34.3 Å². The first-order chi connectivity index (χ1) is 12.8. The SMILES string of the molecule is Cc1cc(C(=O)N[C@H]2CCC[C@@](O)(C#Cc3cccc(Cl)c3)C2)cc(Cl)n1. The van der Waals surface area contributed by atoms with Gasteiger partial charge in [0.05, 0.1) is 0 Å². The molecule has 1 saturated carbocycles. The lowest BCUT2D eigenvalue weighted by atomic mass is 9.82. The van der Waals surface area contributed by atoms with E-state index in [1.807, 2.05) is 12.1 Å². The van der Waals surface area contributed by atoms with Crippen molar-refractivity contribution in [1.29, 1.82) is 0 Å². The predicted molar refractivity (Wildman–Crippen MR) is 107 cm³/mol. The Kier molecular flexibility index (Phi) is 6.06. The Hall–Kier alpha value is -2.06. The Bertz CT molecular complexity index is 900. The van der Waals surface area contributed by atoms with Gasteiger partial charge in [-0.05, 0) is 56.5 Å². The monoisotopic (exact) mass is 402 g/mol. The maximum absolute atomic E-state index is 12.5. The first-order valence-corrected chi connectivity index (χ1v) is 9.55. The number of hydrogen-bond donors (Lipinski definition) is 2. The Morgan fingerprint density at radius 3 is 2.89 bits per heavy atom. The van der Waals surface area contributed by atoms with Gasteiger partial charge in [-0.2, -0.15) is 0 Å². The van der Waals surface area contributed by atoms with Crippen LogP contribution in [0.1, 0.15) is 47.3 Å². The van der Waals surface area contributed by atoms with E-state index in [1.165, 1.54) is 6.07 Å². The summed E-state index contributed by atoms with van der Waals surface area (Å²) in [4.78, 5) is 16.6. The minimum atomic E-state index is -1.13. The molecule has 0 aliphatic heterocycles. The fourth-order valence-corrected chi connectivity index (χ4v) is 3.71. The van der Waals surface area contributed by atoms with E-state index in [1.54, 1.807) is 25.1 Å². The quantitative estimate of drug-likeness (QED) is 0.585. The van der Waals surface area contributed by atoms with Crippen LogP contribution in [0.5, 0.6) is 0 Å². The van der Waals surface area contributed by atoms with Gasteiger partial charge in [-0.3, -0.25) is 4.79 Å². The second kappa shape index (κ2) is 8.31. The van der Waals surface area contributed by atoms with Crippen molar-refractivity contribution in [2.24, 2.45) is 0 Å². The predicted octanol–water partition coefficient (Wildman–Crippen LogP) is 4.15. The average Bonchev–Trinajstić information content (AvgIpc) is 2.59. The maximum atomic E-state index is 12.5. The molecule has 3 rings (SSSR count). The van der Waals surface area contributed by atoms with Crippen molar-refractivity contribution in [3.8, 4) is 11.8 Å². The molecule has 1 heterocycles. The van der Waals surface area contributed by atoms with Crippen molar-refractivity contribution < 1.29 is 9.90 Å². The van der Waals surface area contributed by atoms with Crippen molar-refractivity contribution >= 4 is 29.1 Å². The number of hydrogen-bond acceptors (Lipinski definition) is 3. The van der Waals surface area contributed by atoms with Crippen LogP contribution in [-0.4, -0.2) is 27.6 Å². The van der Waals surface area contributed by atoms with Gasteiger partial charge in [-0.1, -0.05) is 41.1 Å². The van der Waals surface area contributed by atoms with Gasteiger partial charge in [0.25, 0.3) is 5.91 Å². The van der Waals surface area contributed by atoms with Crippen molar-refractivity contribution in [3.63, 3.8) is 0 Å². The highest BCUT2D eigenvalue weighted by Crippen LogP contribution is 2.28. The van der Waals surface area contributed by atoms with E-state index in [0.29, 0.717) is 29.1 Å². The molecule has 0 saturated heterocycles. The van der Waals surface area contributed by atoms with Crippen molar-refractivity contribution in [2.45, 2.75) is 44.2 Å². The third kappa shape index (κ3) is 5.46. The molecule has 1 aliphatic rings. The van der Waals surface area contributed by atoms with Gasteiger partial charge in [0.2, 0.25) is 0 Å². The Morgan fingerprint density at radius 1 is 1.33 bits per heavy atom. The van der Waals surface area contributed by atoms with Gasteiger partial charge in [0.15, 0.2) is 0 Å². The topological polar surface area (TPSA) is 62.2 Å². The van der Waals surface area contributed by atoms with Gasteiger partial charge < -0.3 is 10.4 Å². The molecule has 0 bridgehead atoms. The van der Waals surface area contributed by atoms with Crippen LogP contribution in [0.25, 0.3) is 0 Å². The molecule has 4 nitrogen and oxygen atoms in total. The molecule has 2 atom stereocenters. The Balaban J connectivity index is 1.69. The van der Waals surface area contributed by atoms with E-state index in [9.17, 15) is 9.90 Å². The lowest BCUT2D eigenvalue weighted by Gasteiger charge is -2.33. The minimum Gasteiger partial charge on any atom is -0.378 e. The second-order valence-corrected chi connectivity index (χ2v) is 7.70. The number of nitrogens with zero attached hydrogens (tertiary/aromatic N) is 1. The molecule has 27 heavy (non-hydrogen) atoms. The van der Waals surface area contributed by atoms with Crippen LogP contribution < -0.4 is 5.32 Å². The molecule has 6 heteroatoms. The Labute approximate surface area is 168 Å². The van der Waals surface area contributed by atoms with Crippen molar-refractivity contribution in [1.82, 2.24) is 10.3 Å². The molecule has 1 aromatic carbocycles. The summed E-state index contributed by atoms with van der Waals surface area (Å²) < 4.78 is 0. The van der Waals surface area contributed by atoms with Gasteiger partial charge >= 0.3 is 0 Å². The van der Waals surface area contributed by atoms with Gasteiger partial charge in [-0.25, -0.2) is 4.98 Å². The zero-order chi connectivity index (χ0) is 19.4. The highest BCUT2D eigenvalue weighted by Gasteiger charge is 2.33. The van der Waals surface area contributed by atoms with Crippen molar-refractivity contribution in [2.75, 3.05) is 0 Å². The molecule has 0 spiro atoms. The summed E-state index contributed by atoms with van der Waals surface area (Å²) in [7, 11) is 0. The van der Waals surface area contributed by atoms with Gasteiger partial charge in [0.1, 0.15) is 10.8 Å². The third-order valence-corrected chi connectivity index (χ3v) is 4.94. The molecular formula is C21H20Cl2N2O2. The number of benzene rings is 1. The molecule has 1 aliphatic carbocycles. The minimum absolute atomic E-state index is 0.155. The number of carbonyl (C=O) groups is 1. The smallest absolute Gasteiger partial charge is 0.251 e. The molecule has 140 valence electrons. The summed E-state index contributed by atoms with van der Waals surface area (Å²) in [6, 6.07) is 10.3. The summed E-state index contributed by atoms with van der Waals surface area (Å²) >= 11 is 11.9.